The lowest BCUT2D eigenvalue weighted by Gasteiger charge is -2.19. The van der Waals surface area contributed by atoms with E-state index in [0.29, 0.717) is 10.6 Å². The number of hydrogen-bond acceptors (Lipinski definition) is 3. The highest BCUT2D eigenvalue weighted by molar-refractivity contribution is 5.96. The minimum atomic E-state index is -5.07. The number of methoxy groups -OCH3 is 1. The molecule has 5 nitrogen and oxygen atoms in total. The number of ether oxygens (including phenoxy) is 1. The smallest absolute Gasteiger partial charge is 0.451 e. The van der Waals surface area contributed by atoms with E-state index in [1.807, 2.05) is 0 Å². The molecule has 0 heterocycles. The molecule has 0 aliphatic carbocycles. The third-order valence-corrected chi connectivity index (χ3v) is 2.23. The lowest BCUT2D eigenvalue weighted by Crippen LogP contribution is -2.40. The third kappa shape index (κ3) is 3.87. The van der Waals surface area contributed by atoms with E-state index < -0.39 is 24.6 Å². The minimum Gasteiger partial charge on any atom is -0.497 e. The Labute approximate surface area is 106 Å². The highest BCUT2D eigenvalue weighted by Crippen LogP contribution is 2.22. The molecule has 0 unspecified atom stereocenters. The molecule has 0 aromatic heterocycles. The third-order valence-electron chi connectivity index (χ3n) is 2.23. The number of nitrogens with zero attached hydrogens (tertiary/aromatic N) is 1. The molecule has 1 N–H and O–H groups in total. The van der Waals surface area contributed by atoms with Gasteiger partial charge in [0.15, 0.2) is 0 Å². The maximum absolute atomic E-state index is 12.1. The number of anilines is 1. The van der Waals surface area contributed by atoms with Crippen molar-refractivity contribution in [3.8, 4) is 5.75 Å². The predicted molar refractivity (Wildman–Crippen MR) is 59.4 cm³/mol. The van der Waals surface area contributed by atoms with Gasteiger partial charge in [0.25, 0.3) is 5.78 Å². The van der Waals surface area contributed by atoms with Crippen LogP contribution in [0.5, 0.6) is 5.75 Å². The Morgan fingerprint density at radius 1 is 1.26 bits per heavy atom. The summed E-state index contributed by atoms with van der Waals surface area (Å²) in [7, 11) is 1.39. The monoisotopic (exact) mass is 277 g/mol. The summed E-state index contributed by atoms with van der Waals surface area (Å²) in [6.07, 6.45) is -6.72. The minimum absolute atomic E-state index is 0.0501. The van der Waals surface area contributed by atoms with Gasteiger partial charge in [-0.2, -0.15) is 13.2 Å². The van der Waals surface area contributed by atoms with Crippen LogP contribution in [-0.2, 0) is 4.79 Å². The van der Waals surface area contributed by atoms with Crippen molar-refractivity contribution in [3.05, 3.63) is 24.3 Å². The van der Waals surface area contributed by atoms with Gasteiger partial charge in [0, 0.05) is 5.69 Å². The average molecular weight is 277 g/mol. The van der Waals surface area contributed by atoms with Crippen LogP contribution in [0.3, 0.4) is 0 Å². The first-order chi connectivity index (χ1) is 8.75. The van der Waals surface area contributed by atoms with Crippen LogP contribution >= 0.6 is 0 Å². The molecular formula is C11H10F3NO4. The number of alkyl halides is 3. The van der Waals surface area contributed by atoms with Crippen molar-refractivity contribution in [1.29, 1.82) is 0 Å². The van der Waals surface area contributed by atoms with Gasteiger partial charge in [0.05, 0.1) is 13.7 Å². The zero-order chi connectivity index (χ0) is 14.6. The van der Waals surface area contributed by atoms with Gasteiger partial charge in [-0.1, -0.05) is 0 Å². The van der Waals surface area contributed by atoms with Gasteiger partial charge in [-0.3, -0.25) is 9.69 Å². The first-order valence-electron chi connectivity index (χ1n) is 5.00. The molecule has 0 atom stereocenters. The fraction of sp³-hybridized carbons (Fsp3) is 0.273. The zero-order valence-electron chi connectivity index (χ0n) is 9.77. The van der Waals surface area contributed by atoms with Crippen molar-refractivity contribution in [1.82, 2.24) is 0 Å². The van der Waals surface area contributed by atoms with Crippen molar-refractivity contribution in [2.45, 2.75) is 6.18 Å². The molecule has 1 amide bonds. The molecule has 1 rings (SSSR count). The van der Waals surface area contributed by atoms with Gasteiger partial charge in [-0.15, -0.1) is 0 Å². The van der Waals surface area contributed by atoms with Gasteiger partial charge in [0.1, 0.15) is 5.75 Å². The summed E-state index contributed by atoms with van der Waals surface area (Å²) in [5.74, 6) is -1.72. The maximum Gasteiger partial charge on any atom is 0.451 e. The van der Waals surface area contributed by atoms with E-state index in [0.717, 1.165) is 0 Å². The SMILES string of the molecule is COc1ccc(N(CC(=O)C(F)(F)F)C(=O)O)cc1. The lowest BCUT2D eigenvalue weighted by molar-refractivity contribution is -0.169. The number of halogens is 3. The lowest BCUT2D eigenvalue weighted by atomic mass is 10.2. The molecule has 0 radical (unpaired) electrons. The number of ketones is 1. The van der Waals surface area contributed by atoms with Gasteiger partial charge >= 0.3 is 12.3 Å². The molecule has 1 aromatic carbocycles. The van der Waals surface area contributed by atoms with Crippen molar-refractivity contribution in [3.63, 3.8) is 0 Å². The number of carbonyl (C=O) groups is 2. The van der Waals surface area contributed by atoms with Crippen LogP contribution in [0, 0.1) is 0 Å². The van der Waals surface area contributed by atoms with Crippen LogP contribution in [0.2, 0.25) is 0 Å². The molecule has 0 bridgehead atoms. The fourth-order valence-corrected chi connectivity index (χ4v) is 1.26. The van der Waals surface area contributed by atoms with Crippen molar-refractivity contribution in [2.75, 3.05) is 18.6 Å². The predicted octanol–water partition coefficient (Wildman–Crippen LogP) is 2.31. The van der Waals surface area contributed by atoms with Crippen LogP contribution in [0.15, 0.2) is 24.3 Å². The van der Waals surface area contributed by atoms with Gasteiger partial charge < -0.3 is 9.84 Å². The quantitative estimate of drug-likeness (QED) is 0.917. The summed E-state index contributed by atoms with van der Waals surface area (Å²) < 4.78 is 41.2. The molecule has 104 valence electrons. The Bertz CT molecular complexity index is 470. The molecule has 1 aromatic rings. The topological polar surface area (TPSA) is 66.8 Å². The molecular weight excluding hydrogens is 267 g/mol. The molecule has 0 fully saturated rings. The molecule has 0 aliphatic heterocycles. The Morgan fingerprint density at radius 2 is 1.79 bits per heavy atom. The van der Waals surface area contributed by atoms with Crippen molar-refractivity contribution in [2.24, 2.45) is 0 Å². The number of Topliss-reactive ketones (excluding diaryl/α,β-unsaturated/α-hetero) is 1. The first kappa shape index (κ1) is 14.8. The summed E-state index contributed by atoms with van der Waals surface area (Å²) >= 11 is 0. The van der Waals surface area contributed by atoms with Crippen LogP contribution in [0.25, 0.3) is 0 Å². The number of carbonyl (C=O) groups excluding carboxylic acids is 1. The van der Waals surface area contributed by atoms with Crippen molar-refractivity contribution < 1.29 is 32.6 Å². The van der Waals surface area contributed by atoms with Crippen LogP contribution < -0.4 is 9.64 Å². The Balaban J connectivity index is 2.94. The second-order valence-corrected chi connectivity index (χ2v) is 3.49. The number of benzene rings is 1. The molecule has 0 saturated heterocycles. The molecule has 8 heteroatoms. The van der Waals surface area contributed by atoms with Gasteiger partial charge in [-0.25, -0.2) is 4.79 Å². The Hall–Kier alpha value is -2.25. The second kappa shape index (κ2) is 5.59. The van der Waals surface area contributed by atoms with E-state index in [2.05, 4.69) is 0 Å². The summed E-state index contributed by atoms with van der Waals surface area (Å²) in [5.41, 5.74) is -0.0501. The van der Waals surface area contributed by atoms with Crippen LogP contribution in [-0.4, -0.2) is 36.8 Å². The van der Waals surface area contributed by atoms with E-state index in [1.54, 1.807) is 0 Å². The highest BCUT2D eigenvalue weighted by atomic mass is 19.4. The largest absolute Gasteiger partial charge is 0.497 e. The van der Waals surface area contributed by atoms with Gasteiger partial charge in [0.2, 0.25) is 0 Å². The van der Waals surface area contributed by atoms with E-state index in [1.165, 1.54) is 31.4 Å². The number of amides is 1. The summed E-state index contributed by atoms with van der Waals surface area (Å²) in [6.45, 7) is -1.29. The number of carboxylic acid groups (broad SMARTS) is 1. The van der Waals surface area contributed by atoms with E-state index in [4.69, 9.17) is 9.84 Å². The standard InChI is InChI=1S/C11H10F3NO4/c1-19-8-4-2-7(3-5-8)15(10(17)18)6-9(16)11(12,13)14/h2-5H,6H2,1H3,(H,17,18). The van der Waals surface area contributed by atoms with E-state index >= 15 is 0 Å². The number of hydrogen-bond donors (Lipinski definition) is 1. The van der Waals surface area contributed by atoms with E-state index in [9.17, 15) is 22.8 Å². The second-order valence-electron chi connectivity index (χ2n) is 3.49. The fourth-order valence-electron chi connectivity index (χ4n) is 1.26. The molecule has 0 saturated carbocycles. The molecule has 0 spiro atoms. The van der Waals surface area contributed by atoms with Gasteiger partial charge in [-0.05, 0) is 24.3 Å². The average Bonchev–Trinajstić information content (AvgIpc) is 2.34. The highest BCUT2D eigenvalue weighted by Gasteiger charge is 2.40. The molecule has 19 heavy (non-hydrogen) atoms. The zero-order valence-corrected chi connectivity index (χ0v) is 9.77. The maximum atomic E-state index is 12.1. The summed E-state index contributed by atoms with van der Waals surface area (Å²) in [5, 5.41) is 8.84. The first-order valence-corrected chi connectivity index (χ1v) is 5.00. The Kier molecular flexibility index (Phi) is 4.36. The summed E-state index contributed by atoms with van der Waals surface area (Å²) in [6, 6.07) is 5.25. The normalized spacial score (nSPS) is 10.9. The van der Waals surface area contributed by atoms with Crippen LogP contribution in [0.4, 0.5) is 23.7 Å². The molecule has 0 aliphatic rings. The Morgan fingerprint density at radius 3 is 2.16 bits per heavy atom. The summed E-state index contributed by atoms with van der Waals surface area (Å²) in [4.78, 5) is 22.0. The number of rotatable bonds is 4. The van der Waals surface area contributed by atoms with Crippen LogP contribution in [0.1, 0.15) is 0 Å². The van der Waals surface area contributed by atoms with E-state index in [-0.39, 0.29) is 5.69 Å². The van der Waals surface area contributed by atoms with Crippen molar-refractivity contribution >= 4 is 17.6 Å².